The molecule has 0 saturated carbocycles. The molecule has 0 heterocycles. The number of benzene rings is 1. The average molecular weight is 288 g/mol. The maximum absolute atomic E-state index is 9.20. The van der Waals surface area contributed by atoms with Crippen LogP contribution in [0, 0.1) is 18.3 Å². The predicted octanol–water partition coefficient (Wildman–Crippen LogP) is 4.17. The zero-order valence-electron chi connectivity index (χ0n) is 14.0. The average Bonchev–Trinajstić information content (AvgIpc) is 2.43. The van der Waals surface area contributed by atoms with Gasteiger partial charge >= 0.3 is 0 Å². The fraction of sp³-hybridized carbons (Fsp3) is 0.611. The lowest BCUT2D eigenvalue weighted by atomic mass is 9.97. The Kier molecular flexibility index (Phi) is 6.71. The Morgan fingerprint density at radius 3 is 2.62 bits per heavy atom. The molecule has 0 aliphatic carbocycles. The van der Waals surface area contributed by atoms with Gasteiger partial charge in [-0.15, -0.1) is 0 Å². The summed E-state index contributed by atoms with van der Waals surface area (Å²) in [6.07, 6.45) is 1.66. The SMILES string of the molecule is CCNC(C)(C#N)CCCOc1ccc(C(C)C)c(C)c1. The van der Waals surface area contributed by atoms with Crippen LogP contribution in [0.4, 0.5) is 0 Å². The van der Waals surface area contributed by atoms with Crippen LogP contribution in [0.15, 0.2) is 18.2 Å². The Hall–Kier alpha value is -1.53. The second-order valence-electron chi connectivity index (χ2n) is 6.10. The van der Waals surface area contributed by atoms with E-state index in [0.29, 0.717) is 12.5 Å². The van der Waals surface area contributed by atoms with Crippen molar-refractivity contribution in [2.45, 2.75) is 58.9 Å². The van der Waals surface area contributed by atoms with E-state index in [1.807, 2.05) is 19.9 Å². The predicted molar refractivity (Wildman–Crippen MR) is 87.7 cm³/mol. The molecule has 0 aliphatic rings. The van der Waals surface area contributed by atoms with Crippen molar-refractivity contribution in [1.29, 1.82) is 5.26 Å². The van der Waals surface area contributed by atoms with Crippen LogP contribution in [0.5, 0.6) is 5.75 Å². The van der Waals surface area contributed by atoms with Crippen molar-refractivity contribution < 1.29 is 4.74 Å². The summed E-state index contributed by atoms with van der Waals surface area (Å²) >= 11 is 0. The maximum Gasteiger partial charge on any atom is 0.119 e. The Balaban J connectivity index is 2.47. The van der Waals surface area contributed by atoms with Crippen LogP contribution in [0.25, 0.3) is 0 Å². The highest BCUT2D eigenvalue weighted by molar-refractivity contribution is 5.36. The summed E-state index contributed by atoms with van der Waals surface area (Å²) < 4.78 is 5.80. The number of nitrogens with one attached hydrogen (secondary N) is 1. The van der Waals surface area contributed by atoms with E-state index < -0.39 is 5.54 Å². The second-order valence-corrected chi connectivity index (χ2v) is 6.10. The molecule has 0 fully saturated rings. The quantitative estimate of drug-likeness (QED) is 0.730. The van der Waals surface area contributed by atoms with E-state index in [-0.39, 0.29) is 0 Å². The van der Waals surface area contributed by atoms with Crippen LogP contribution in [-0.2, 0) is 0 Å². The van der Waals surface area contributed by atoms with Gasteiger partial charge in [-0.05, 0) is 62.4 Å². The van der Waals surface area contributed by atoms with Gasteiger partial charge < -0.3 is 4.74 Å². The highest BCUT2D eigenvalue weighted by Crippen LogP contribution is 2.23. The van der Waals surface area contributed by atoms with E-state index in [2.05, 4.69) is 44.3 Å². The van der Waals surface area contributed by atoms with Crippen molar-refractivity contribution in [3.63, 3.8) is 0 Å². The van der Waals surface area contributed by atoms with E-state index in [1.165, 1.54) is 11.1 Å². The summed E-state index contributed by atoms with van der Waals surface area (Å²) in [4.78, 5) is 0. The van der Waals surface area contributed by atoms with Gasteiger partial charge in [0.1, 0.15) is 11.3 Å². The minimum absolute atomic E-state index is 0.449. The van der Waals surface area contributed by atoms with Gasteiger partial charge in [-0.1, -0.05) is 26.8 Å². The molecule has 0 aliphatic heterocycles. The summed E-state index contributed by atoms with van der Waals surface area (Å²) in [5.41, 5.74) is 2.19. The molecule has 1 rings (SSSR count). The third kappa shape index (κ3) is 5.40. The standard InChI is InChI=1S/C18H28N2O/c1-6-20-18(5,13-19)10-7-11-21-16-8-9-17(14(2)3)15(4)12-16/h8-9,12,14,20H,6-7,10-11H2,1-5H3. The summed E-state index contributed by atoms with van der Waals surface area (Å²) in [6.45, 7) is 11.9. The number of nitrogens with zero attached hydrogens (tertiary/aromatic N) is 1. The maximum atomic E-state index is 9.20. The topological polar surface area (TPSA) is 45.0 Å². The number of aryl methyl sites for hydroxylation is 1. The highest BCUT2D eigenvalue weighted by atomic mass is 16.5. The van der Waals surface area contributed by atoms with E-state index in [0.717, 1.165) is 25.1 Å². The zero-order valence-corrected chi connectivity index (χ0v) is 14.0. The molecule has 0 amide bonds. The van der Waals surface area contributed by atoms with E-state index in [4.69, 9.17) is 4.74 Å². The number of ether oxygens (including phenoxy) is 1. The van der Waals surface area contributed by atoms with Crippen LogP contribution < -0.4 is 10.1 Å². The molecule has 0 bridgehead atoms. The minimum Gasteiger partial charge on any atom is -0.494 e. The monoisotopic (exact) mass is 288 g/mol. The molecular formula is C18H28N2O. The molecule has 0 saturated heterocycles. The van der Waals surface area contributed by atoms with Crippen molar-refractivity contribution >= 4 is 0 Å². The molecule has 1 aromatic carbocycles. The molecule has 3 heteroatoms. The molecule has 21 heavy (non-hydrogen) atoms. The van der Waals surface area contributed by atoms with Crippen molar-refractivity contribution in [3.8, 4) is 11.8 Å². The Morgan fingerprint density at radius 1 is 1.38 bits per heavy atom. The first-order valence-electron chi connectivity index (χ1n) is 7.81. The normalized spacial score (nSPS) is 13.8. The molecule has 3 nitrogen and oxygen atoms in total. The molecule has 0 spiro atoms. The fourth-order valence-electron chi connectivity index (χ4n) is 2.58. The molecule has 0 aromatic heterocycles. The fourth-order valence-corrected chi connectivity index (χ4v) is 2.58. The molecule has 0 radical (unpaired) electrons. The Labute approximate surface area is 129 Å². The number of hydrogen-bond acceptors (Lipinski definition) is 3. The minimum atomic E-state index is -0.449. The van der Waals surface area contributed by atoms with Gasteiger partial charge in [-0.2, -0.15) is 5.26 Å². The van der Waals surface area contributed by atoms with Crippen molar-refractivity contribution in [1.82, 2.24) is 5.32 Å². The summed E-state index contributed by atoms with van der Waals surface area (Å²) in [5.74, 6) is 1.45. The van der Waals surface area contributed by atoms with E-state index in [1.54, 1.807) is 0 Å². The van der Waals surface area contributed by atoms with Gasteiger partial charge in [0.05, 0.1) is 12.7 Å². The van der Waals surface area contributed by atoms with Crippen molar-refractivity contribution in [2.24, 2.45) is 0 Å². The van der Waals surface area contributed by atoms with Crippen LogP contribution >= 0.6 is 0 Å². The first kappa shape index (κ1) is 17.5. The third-order valence-corrected chi connectivity index (χ3v) is 3.77. The number of nitriles is 1. The summed E-state index contributed by atoms with van der Waals surface area (Å²) in [5, 5.41) is 12.4. The summed E-state index contributed by atoms with van der Waals surface area (Å²) in [7, 11) is 0. The largest absolute Gasteiger partial charge is 0.494 e. The summed E-state index contributed by atoms with van der Waals surface area (Å²) in [6, 6.07) is 8.62. The van der Waals surface area contributed by atoms with Gasteiger partial charge in [-0.25, -0.2) is 0 Å². The van der Waals surface area contributed by atoms with Gasteiger partial charge in [0.2, 0.25) is 0 Å². The van der Waals surface area contributed by atoms with Gasteiger partial charge in [0.15, 0.2) is 0 Å². The zero-order chi connectivity index (χ0) is 15.9. The first-order valence-corrected chi connectivity index (χ1v) is 7.81. The molecule has 116 valence electrons. The van der Waals surface area contributed by atoms with Gasteiger partial charge in [-0.3, -0.25) is 5.32 Å². The lowest BCUT2D eigenvalue weighted by Crippen LogP contribution is -2.40. The molecule has 1 unspecified atom stereocenters. The first-order chi connectivity index (χ1) is 9.91. The third-order valence-electron chi connectivity index (χ3n) is 3.77. The Bertz CT molecular complexity index is 490. The second kappa shape index (κ2) is 8.05. The van der Waals surface area contributed by atoms with Gasteiger partial charge in [0.25, 0.3) is 0 Å². The molecular weight excluding hydrogens is 260 g/mol. The van der Waals surface area contributed by atoms with Crippen LogP contribution in [0.2, 0.25) is 0 Å². The number of rotatable bonds is 8. The van der Waals surface area contributed by atoms with E-state index in [9.17, 15) is 5.26 Å². The van der Waals surface area contributed by atoms with Crippen molar-refractivity contribution in [3.05, 3.63) is 29.3 Å². The molecule has 1 aromatic rings. The molecule has 1 N–H and O–H groups in total. The van der Waals surface area contributed by atoms with Crippen LogP contribution in [0.3, 0.4) is 0 Å². The van der Waals surface area contributed by atoms with Gasteiger partial charge in [0, 0.05) is 0 Å². The van der Waals surface area contributed by atoms with Crippen LogP contribution in [0.1, 0.15) is 57.6 Å². The lowest BCUT2D eigenvalue weighted by molar-refractivity contribution is 0.286. The lowest BCUT2D eigenvalue weighted by Gasteiger charge is -2.22. The van der Waals surface area contributed by atoms with E-state index >= 15 is 0 Å². The van der Waals surface area contributed by atoms with Crippen LogP contribution in [-0.4, -0.2) is 18.7 Å². The number of hydrogen-bond donors (Lipinski definition) is 1. The Morgan fingerprint density at radius 2 is 2.10 bits per heavy atom. The smallest absolute Gasteiger partial charge is 0.119 e. The van der Waals surface area contributed by atoms with Crippen molar-refractivity contribution in [2.75, 3.05) is 13.2 Å². The highest BCUT2D eigenvalue weighted by Gasteiger charge is 2.21. The molecule has 1 atom stereocenters.